The Morgan fingerprint density at radius 1 is 1.42 bits per heavy atom. The van der Waals surface area contributed by atoms with Crippen LogP contribution in [0.4, 0.5) is 0 Å². The average molecular weight is 265 g/mol. The Morgan fingerprint density at radius 3 is 2.89 bits per heavy atom. The van der Waals surface area contributed by atoms with Gasteiger partial charge in [-0.1, -0.05) is 0 Å². The zero-order valence-corrected chi connectivity index (χ0v) is 11.5. The molecule has 0 radical (unpaired) electrons. The molecule has 1 aromatic rings. The van der Waals surface area contributed by atoms with Crippen molar-refractivity contribution in [2.45, 2.75) is 37.3 Å². The summed E-state index contributed by atoms with van der Waals surface area (Å²) in [6, 6.07) is 0.0184. The fourth-order valence-electron chi connectivity index (χ4n) is 3.31. The Kier molecular flexibility index (Phi) is 3.60. The first-order valence-corrected chi connectivity index (χ1v) is 7.14. The van der Waals surface area contributed by atoms with E-state index in [-0.39, 0.29) is 11.6 Å². The van der Waals surface area contributed by atoms with Gasteiger partial charge in [-0.15, -0.1) is 0 Å². The molecule has 5 heteroatoms. The molecule has 0 aromatic carbocycles. The summed E-state index contributed by atoms with van der Waals surface area (Å²) in [4.78, 5) is 4.40. The average Bonchev–Trinajstić information content (AvgIpc) is 2.85. The highest BCUT2D eigenvalue weighted by Crippen LogP contribution is 2.40. The van der Waals surface area contributed by atoms with E-state index in [1.54, 1.807) is 0 Å². The predicted molar refractivity (Wildman–Crippen MR) is 71.6 cm³/mol. The molecule has 19 heavy (non-hydrogen) atoms. The molecule has 5 nitrogen and oxygen atoms in total. The Balaban J connectivity index is 1.70. The number of hydrogen-bond donors (Lipinski definition) is 1. The van der Waals surface area contributed by atoms with Gasteiger partial charge in [-0.05, 0) is 31.6 Å². The molecule has 2 aliphatic heterocycles. The zero-order chi connectivity index (χ0) is 13.3. The van der Waals surface area contributed by atoms with Crippen LogP contribution >= 0.6 is 0 Å². The second kappa shape index (κ2) is 5.23. The third-order valence-electron chi connectivity index (χ3n) is 4.51. The van der Waals surface area contributed by atoms with E-state index in [2.05, 4.69) is 4.98 Å². The van der Waals surface area contributed by atoms with Crippen LogP contribution in [0, 0.1) is 5.92 Å². The molecule has 3 heterocycles. The molecule has 2 fully saturated rings. The van der Waals surface area contributed by atoms with Gasteiger partial charge >= 0.3 is 0 Å². The Morgan fingerprint density at radius 2 is 2.21 bits per heavy atom. The maximum atomic E-state index is 6.41. The van der Waals surface area contributed by atoms with Crippen molar-refractivity contribution in [3.63, 3.8) is 0 Å². The van der Waals surface area contributed by atoms with Crippen LogP contribution in [-0.2, 0) is 16.5 Å². The van der Waals surface area contributed by atoms with E-state index in [4.69, 9.17) is 15.2 Å². The van der Waals surface area contributed by atoms with E-state index < -0.39 is 0 Å². The zero-order valence-electron chi connectivity index (χ0n) is 11.5. The first-order chi connectivity index (χ1) is 9.19. The van der Waals surface area contributed by atoms with Gasteiger partial charge in [-0.3, -0.25) is 0 Å². The Hall–Kier alpha value is -0.910. The predicted octanol–water partition coefficient (Wildman–Crippen LogP) is 1.40. The second-order valence-electron chi connectivity index (χ2n) is 5.89. The van der Waals surface area contributed by atoms with E-state index in [0.717, 1.165) is 51.2 Å². The van der Waals surface area contributed by atoms with Crippen LogP contribution in [0.25, 0.3) is 0 Å². The van der Waals surface area contributed by atoms with E-state index >= 15 is 0 Å². The number of nitrogens with two attached hydrogens (primary N) is 1. The highest BCUT2D eigenvalue weighted by Gasteiger charge is 2.41. The minimum absolute atomic E-state index is 0.00751. The van der Waals surface area contributed by atoms with Crippen LogP contribution in [0.2, 0.25) is 0 Å². The maximum Gasteiger partial charge on any atom is 0.0947 e. The normalized spacial score (nSPS) is 28.4. The lowest BCUT2D eigenvalue weighted by Crippen LogP contribution is -2.46. The molecule has 1 spiro atoms. The van der Waals surface area contributed by atoms with Crippen LogP contribution in [0.5, 0.6) is 0 Å². The third-order valence-corrected chi connectivity index (χ3v) is 4.51. The lowest BCUT2D eigenvalue weighted by Gasteiger charge is -2.44. The van der Waals surface area contributed by atoms with E-state index in [0.29, 0.717) is 5.92 Å². The molecular formula is C14H23N3O2. The van der Waals surface area contributed by atoms with Crippen molar-refractivity contribution in [3.8, 4) is 0 Å². The first-order valence-electron chi connectivity index (χ1n) is 7.14. The molecule has 0 amide bonds. The van der Waals surface area contributed by atoms with Crippen LogP contribution < -0.4 is 5.73 Å². The van der Waals surface area contributed by atoms with Gasteiger partial charge in [0.15, 0.2) is 0 Å². The van der Waals surface area contributed by atoms with Gasteiger partial charge in [-0.2, -0.15) is 0 Å². The van der Waals surface area contributed by atoms with Crippen LogP contribution in [0.15, 0.2) is 12.5 Å². The van der Waals surface area contributed by atoms with E-state index in [1.807, 2.05) is 24.1 Å². The summed E-state index contributed by atoms with van der Waals surface area (Å²) in [5.74, 6) is 0.460. The van der Waals surface area contributed by atoms with Crippen molar-refractivity contribution in [2.75, 3.05) is 19.8 Å². The highest BCUT2D eigenvalue weighted by molar-refractivity contribution is 5.06. The summed E-state index contributed by atoms with van der Waals surface area (Å²) >= 11 is 0. The van der Waals surface area contributed by atoms with Gasteiger partial charge in [0.2, 0.25) is 0 Å². The molecular weight excluding hydrogens is 242 g/mol. The van der Waals surface area contributed by atoms with Gasteiger partial charge in [0, 0.05) is 33.1 Å². The van der Waals surface area contributed by atoms with E-state index in [1.165, 1.54) is 0 Å². The summed E-state index contributed by atoms with van der Waals surface area (Å²) in [5, 5.41) is 0. The van der Waals surface area contributed by atoms with Gasteiger partial charge in [0.25, 0.3) is 0 Å². The Bertz CT molecular complexity index is 421. The van der Waals surface area contributed by atoms with Crippen molar-refractivity contribution in [2.24, 2.45) is 18.7 Å². The van der Waals surface area contributed by atoms with Gasteiger partial charge in [0.1, 0.15) is 0 Å². The summed E-state index contributed by atoms with van der Waals surface area (Å²) in [6.07, 6.45) is 7.90. The highest BCUT2D eigenvalue weighted by atomic mass is 16.5. The molecule has 2 atom stereocenters. The van der Waals surface area contributed by atoms with Crippen LogP contribution in [0.1, 0.15) is 37.4 Å². The number of nitrogens with zero attached hydrogens (tertiary/aromatic N) is 2. The number of rotatable bonds is 2. The smallest absolute Gasteiger partial charge is 0.0947 e. The lowest BCUT2D eigenvalue weighted by atomic mass is 9.77. The molecule has 2 N–H and O–H groups in total. The van der Waals surface area contributed by atoms with Crippen LogP contribution in [0.3, 0.4) is 0 Å². The largest absolute Gasteiger partial charge is 0.381 e. The molecule has 106 valence electrons. The maximum absolute atomic E-state index is 6.41. The fourth-order valence-corrected chi connectivity index (χ4v) is 3.31. The number of ether oxygens (including phenoxy) is 2. The molecule has 3 rings (SSSR count). The minimum atomic E-state index is 0.00751. The fraction of sp³-hybridized carbons (Fsp3) is 0.786. The SMILES string of the molecule is Cn1cnc(C(N)C2CCOC3(CCOCC3)C2)c1. The van der Waals surface area contributed by atoms with Gasteiger partial charge < -0.3 is 19.8 Å². The van der Waals surface area contributed by atoms with Crippen LogP contribution in [-0.4, -0.2) is 35.0 Å². The van der Waals surface area contributed by atoms with Crippen molar-refractivity contribution < 1.29 is 9.47 Å². The Labute approximate surface area is 114 Å². The molecule has 2 aliphatic rings. The van der Waals surface area contributed by atoms with Gasteiger partial charge in [0.05, 0.1) is 23.7 Å². The monoisotopic (exact) mass is 265 g/mol. The van der Waals surface area contributed by atoms with Crippen molar-refractivity contribution in [1.29, 1.82) is 0 Å². The number of aromatic nitrogens is 2. The van der Waals surface area contributed by atoms with Crippen molar-refractivity contribution in [3.05, 3.63) is 18.2 Å². The number of imidazole rings is 1. The molecule has 0 saturated carbocycles. The van der Waals surface area contributed by atoms with E-state index in [9.17, 15) is 0 Å². The first kappa shape index (κ1) is 13.1. The summed E-state index contributed by atoms with van der Waals surface area (Å²) in [7, 11) is 1.98. The molecule has 2 saturated heterocycles. The second-order valence-corrected chi connectivity index (χ2v) is 5.89. The molecule has 0 aliphatic carbocycles. The molecule has 0 bridgehead atoms. The van der Waals surface area contributed by atoms with Crippen molar-refractivity contribution >= 4 is 0 Å². The molecule has 1 aromatic heterocycles. The summed E-state index contributed by atoms with van der Waals surface area (Å²) < 4.78 is 13.5. The lowest BCUT2D eigenvalue weighted by molar-refractivity contribution is -0.149. The topological polar surface area (TPSA) is 62.3 Å². The summed E-state index contributed by atoms with van der Waals surface area (Å²) in [6.45, 7) is 2.43. The number of hydrogen-bond acceptors (Lipinski definition) is 4. The number of aryl methyl sites for hydroxylation is 1. The third kappa shape index (κ3) is 2.68. The minimum Gasteiger partial charge on any atom is -0.381 e. The standard InChI is InChI=1S/C14H23N3O2/c1-17-9-12(16-10-17)13(15)11-2-5-19-14(8-11)3-6-18-7-4-14/h9-11,13H,2-8,15H2,1H3. The summed E-state index contributed by atoms with van der Waals surface area (Å²) in [5.41, 5.74) is 7.41. The van der Waals surface area contributed by atoms with Crippen molar-refractivity contribution in [1.82, 2.24) is 9.55 Å². The quantitative estimate of drug-likeness (QED) is 0.878. The molecule has 2 unspecified atom stereocenters. The van der Waals surface area contributed by atoms with Gasteiger partial charge in [-0.25, -0.2) is 4.98 Å².